The number of hydrogen-bond donors (Lipinski definition) is 1. The van der Waals surface area contributed by atoms with Gasteiger partial charge in [-0.25, -0.2) is 4.79 Å². The van der Waals surface area contributed by atoms with Gasteiger partial charge in [-0.1, -0.05) is 0 Å². The maximum atomic E-state index is 11.8. The Kier molecular flexibility index (Phi) is 15.0. The molecule has 1 aromatic heterocycles. The standard InChI is InChI=1S/C24H37NO9/c1-3-33-24(26)23-19-20-18-21(4-5-22(20)25-23)34-17-16-32-15-14-31-13-12-30-11-10-29-9-8-28-7-6-27-2/h4-5,18-19,25H,3,6-17H2,1-2H3. The van der Waals surface area contributed by atoms with Gasteiger partial charge in [0, 0.05) is 18.0 Å². The van der Waals surface area contributed by atoms with Crippen molar-refractivity contribution in [2.45, 2.75) is 6.92 Å². The number of benzene rings is 1. The van der Waals surface area contributed by atoms with Gasteiger partial charge >= 0.3 is 5.97 Å². The summed E-state index contributed by atoms with van der Waals surface area (Å²) in [5.41, 5.74) is 1.28. The molecule has 192 valence electrons. The molecule has 0 saturated heterocycles. The van der Waals surface area contributed by atoms with E-state index in [9.17, 15) is 4.79 Å². The van der Waals surface area contributed by atoms with Crippen LogP contribution in [0.25, 0.3) is 10.9 Å². The third kappa shape index (κ3) is 11.8. The third-order valence-corrected chi connectivity index (χ3v) is 4.50. The molecular formula is C24H37NO9. The van der Waals surface area contributed by atoms with Crippen LogP contribution in [0.3, 0.4) is 0 Å². The summed E-state index contributed by atoms with van der Waals surface area (Å²) < 4.78 is 42.7. The van der Waals surface area contributed by atoms with Gasteiger partial charge in [-0.05, 0) is 31.2 Å². The number of ether oxygens (including phenoxy) is 8. The normalized spacial score (nSPS) is 11.2. The minimum atomic E-state index is -0.368. The number of hydrogen-bond acceptors (Lipinski definition) is 9. The number of fused-ring (bicyclic) bond motifs is 1. The van der Waals surface area contributed by atoms with E-state index < -0.39 is 0 Å². The predicted octanol–water partition coefficient (Wildman–Crippen LogP) is 2.45. The van der Waals surface area contributed by atoms with Crippen LogP contribution in [0.2, 0.25) is 0 Å². The molecule has 0 aliphatic carbocycles. The molecule has 0 aliphatic rings. The molecule has 0 saturated carbocycles. The minimum absolute atomic E-state index is 0.337. The number of carbonyl (C=O) groups excluding carboxylic acids is 1. The third-order valence-electron chi connectivity index (χ3n) is 4.50. The van der Waals surface area contributed by atoms with E-state index in [1.807, 2.05) is 18.2 Å². The van der Waals surface area contributed by atoms with Gasteiger partial charge in [-0.15, -0.1) is 0 Å². The van der Waals surface area contributed by atoms with Gasteiger partial charge in [0.1, 0.15) is 18.1 Å². The van der Waals surface area contributed by atoms with E-state index in [1.165, 1.54) is 0 Å². The molecule has 1 aromatic carbocycles. The first-order valence-electron chi connectivity index (χ1n) is 11.5. The first-order chi connectivity index (χ1) is 16.7. The van der Waals surface area contributed by atoms with Gasteiger partial charge in [0.15, 0.2) is 0 Å². The fourth-order valence-electron chi connectivity index (χ4n) is 2.86. The van der Waals surface area contributed by atoms with Crippen LogP contribution in [0.4, 0.5) is 0 Å². The number of esters is 1. The molecule has 10 heteroatoms. The topological polar surface area (TPSA) is 107 Å². The molecular weight excluding hydrogens is 446 g/mol. The maximum absolute atomic E-state index is 11.8. The number of H-pyrrole nitrogens is 1. The van der Waals surface area contributed by atoms with Crippen molar-refractivity contribution in [1.82, 2.24) is 4.98 Å². The Hall–Kier alpha value is -2.21. The Labute approximate surface area is 200 Å². The zero-order chi connectivity index (χ0) is 24.3. The van der Waals surface area contributed by atoms with Gasteiger partial charge in [-0.2, -0.15) is 0 Å². The van der Waals surface area contributed by atoms with Crippen molar-refractivity contribution in [2.24, 2.45) is 0 Å². The number of nitrogens with one attached hydrogen (secondary N) is 1. The first kappa shape index (κ1) is 28.0. The smallest absolute Gasteiger partial charge is 0.354 e. The zero-order valence-corrected chi connectivity index (χ0v) is 20.2. The van der Waals surface area contributed by atoms with E-state index in [0.717, 1.165) is 10.9 Å². The second kappa shape index (κ2) is 18.2. The van der Waals surface area contributed by atoms with Crippen LogP contribution in [-0.4, -0.2) is 104 Å². The van der Waals surface area contributed by atoms with E-state index in [-0.39, 0.29) is 5.97 Å². The molecule has 0 unspecified atom stereocenters. The van der Waals surface area contributed by atoms with Crippen LogP contribution in [0.1, 0.15) is 17.4 Å². The lowest BCUT2D eigenvalue weighted by molar-refractivity contribution is -0.0159. The van der Waals surface area contributed by atoms with Gasteiger partial charge in [0.05, 0.1) is 79.3 Å². The average Bonchev–Trinajstić information content (AvgIpc) is 3.27. The Morgan fingerprint density at radius 2 is 1.26 bits per heavy atom. The molecule has 0 aliphatic heterocycles. The summed E-state index contributed by atoms with van der Waals surface area (Å²) >= 11 is 0. The molecule has 1 heterocycles. The zero-order valence-electron chi connectivity index (χ0n) is 20.2. The molecule has 0 atom stereocenters. The SMILES string of the molecule is CCOC(=O)c1cc2cc(OCCOCCOCCOCCOCCOCCOC)ccc2[nH]1. The summed E-state index contributed by atoms with van der Waals surface area (Å²) in [4.78, 5) is 14.9. The molecule has 0 amide bonds. The van der Waals surface area contributed by atoms with Gasteiger partial charge < -0.3 is 42.9 Å². The molecule has 10 nitrogen and oxygen atoms in total. The van der Waals surface area contributed by atoms with Crippen molar-refractivity contribution in [1.29, 1.82) is 0 Å². The van der Waals surface area contributed by atoms with E-state index in [2.05, 4.69) is 4.98 Å². The fourth-order valence-corrected chi connectivity index (χ4v) is 2.86. The lowest BCUT2D eigenvalue weighted by Crippen LogP contribution is -2.14. The van der Waals surface area contributed by atoms with Gasteiger partial charge in [0.2, 0.25) is 0 Å². The highest BCUT2D eigenvalue weighted by Gasteiger charge is 2.10. The molecule has 0 fully saturated rings. The van der Waals surface area contributed by atoms with Crippen LogP contribution < -0.4 is 4.74 Å². The summed E-state index contributed by atoms with van der Waals surface area (Å²) in [7, 11) is 1.64. The van der Waals surface area contributed by atoms with Crippen molar-refractivity contribution < 1.29 is 42.7 Å². The number of aromatic nitrogens is 1. The van der Waals surface area contributed by atoms with Crippen molar-refractivity contribution in [3.63, 3.8) is 0 Å². The number of methoxy groups -OCH3 is 1. The molecule has 1 N–H and O–H groups in total. The second-order valence-corrected chi connectivity index (χ2v) is 7.06. The van der Waals surface area contributed by atoms with Gasteiger partial charge in [-0.3, -0.25) is 0 Å². The number of aromatic amines is 1. The van der Waals surface area contributed by atoms with Crippen molar-refractivity contribution in [2.75, 3.05) is 93.0 Å². The van der Waals surface area contributed by atoms with E-state index in [0.29, 0.717) is 97.3 Å². The Balaban J connectivity index is 1.40. The molecule has 2 rings (SSSR count). The van der Waals surface area contributed by atoms with Gasteiger partial charge in [0.25, 0.3) is 0 Å². The molecule has 0 radical (unpaired) electrons. The predicted molar refractivity (Wildman–Crippen MR) is 126 cm³/mol. The number of carbonyl (C=O) groups is 1. The Morgan fingerprint density at radius 3 is 1.79 bits per heavy atom. The lowest BCUT2D eigenvalue weighted by Gasteiger charge is -2.09. The van der Waals surface area contributed by atoms with Crippen molar-refractivity contribution in [3.8, 4) is 5.75 Å². The van der Waals surface area contributed by atoms with Crippen LogP contribution in [0.5, 0.6) is 5.75 Å². The highest BCUT2D eigenvalue weighted by Crippen LogP contribution is 2.22. The van der Waals surface area contributed by atoms with Crippen molar-refractivity contribution >= 4 is 16.9 Å². The van der Waals surface area contributed by atoms with E-state index >= 15 is 0 Å². The van der Waals surface area contributed by atoms with Crippen LogP contribution in [-0.2, 0) is 33.2 Å². The van der Waals surface area contributed by atoms with E-state index in [1.54, 1.807) is 20.1 Å². The molecule has 0 spiro atoms. The summed E-state index contributed by atoms with van der Waals surface area (Å²) in [5.74, 6) is 0.342. The first-order valence-corrected chi connectivity index (χ1v) is 11.5. The lowest BCUT2D eigenvalue weighted by atomic mass is 10.2. The quantitative estimate of drug-likeness (QED) is 0.212. The minimum Gasteiger partial charge on any atom is -0.491 e. The highest BCUT2D eigenvalue weighted by molar-refractivity contribution is 5.95. The molecule has 34 heavy (non-hydrogen) atoms. The summed E-state index contributed by atoms with van der Waals surface area (Å²) in [6.07, 6.45) is 0. The van der Waals surface area contributed by atoms with E-state index in [4.69, 9.17) is 37.9 Å². The summed E-state index contributed by atoms with van der Waals surface area (Å²) in [6, 6.07) is 7.35. The molecule has 2 aromatic rings. The van der Waals surface area contributed by atoms with Crippen molar-refractivity contribution in [3.05, 3.63) is 30.0 Å². The second-order valence-electron chi connectivity index (χ2n) is 7.06. The Morgan fingerprint density at radius 1 is 0.735 bits per heavy atom. The van der Waals surface area contributed by atoms with Crippen LogP contribution in [0, 0.1) is 0 Å². The average molecular weight is 484 g/mol. The monoisotopic (exact) mass is 483 g/mol. The summed E-state index contributed by atoms with van der Waals surface area (Å²) in [6.45, 7) is 8.29. The fraction of sp³-hybridized carbons (Fsp3) is 0.625. The van der Waals surface area contributed by atoms with Crippen LogP contribution >= 0.6 is 0 Å². The highest BCUT2D eigenvalue weighted by atomic mass is 16.6. The maximum Gasteiger partial charge on any atom is 0.354 e. The van der Waals surface area contributed by atoms with Crippen LogP contribution in [0.15, 0.2) is 24.3 Å². The summed E-state index contributed by atoms with van der Waals surface area (Å²) in [5, 5.41) is 0.885. The largest absolute Gasteiger partial charge is 0.491 e. The number of rotatable bonds is 21. The molecule has 0 bridgehead atoms. The Bertz CT molecular complexity index is 796.